The van der Waals surface area contributed by atoms with Gasteiger partial charge in [0.05, 0.1) is 0 Å². The second-order valence-corrected chi connectivity index (χ2v) is 4.13. The number of aromatic nitrogens is 2. The molecule has 1 aromatic rings. The van der Waals surface area contributed by atoms with Crippen molar-refractivity contribution < 1.29 is 4.79 Å². The van der Waals surface area contributed by atoms with Gasteiger partial charge in [0.15, 0.2) is 0 Å². The summed E-state index contributed by atoms with van der Waals surface area (Å²) in [6.07, 6.45) is 2.07. The van der Waals surface area contributed by atoms with E-state index in [0.717, 1.165) is 0 Å². The molecule has 0 saturated carbocycles. The predicted octanol–water partition coefficient (Wildman–Crippen LogP) is -0.563. The Morgan fingerprint density at radius 1 is 1.53 bits per heavy atom. The average Bonchev–Trinajstić information content (AvgIpc) is 2.54. The van der Waals surface area contributed by atoms with E-state index < -0.39 is 0 Å². The molecule has 2 heterocycles. The highest BCUT2D eigenvalue weighted by molar-refractivity contribution is 7.80. The summed E-state index contributed by atoms with van der Waals surface area (Å²) in [6.45, 7) is 1.89. The fraction of sp³-hybridized carbons (Fsp3) is 0.400. The Morgan fingerprint density at radius 3 is 3.12 bits per heavy atom. The van der Waals surface area contributed by atoms with E-state index in [9.17, 15) is 4.79 Å². The molecule has 7 heteroatoms. The van der Waals surface area contributed by atoms with Gasteiger partial charge < -0.3 is 16.0 Å². The summed E-state index contributed by atoms with van der Waals surface area (Å²) in [5.41, 5.74) is 6.07. The monoisotopic (exact) mass is 251 g/mol. The van der Waals surface area contributed by atoms with Crippen molar-refractivity contribution in [2.75, 3.05) is 24.5 Å². The molecule has 1 aliphatic rings. The van der Waals surface area contributed by atoms with Gasteiger partial charge >= 0.3 is 0 Å². The summed E-state index contributed by atoms with van der Waals surface area (Å²) < 4.78 is 0. The molecule has 1 aliphatic heterocycles. The van der Waals surface area contributed by atoms with Crippen molar-refractivity contribution >= 4 is 29.1 Å². The van der Waals surface area contributed by atoms with Crippen LogP contribution in [-0.2, 0) is 4.79 Å². The van der Waals surface area contributed by atoms with Gasteiger partial charge in [0.2, 0.25) is 11.9 Å². The second-order valence-electron chi connectivity index (χ2n) is 3.69. The number of hydrogen-bond donors (Lipinski definition) is 2. The lowest BCUT2D eigenvalue weighted by molar-refractivity contribution is -0.120. The number of nitrogens with one attached hydrogen (secondary N) is 1. The molecule has 0 bridgehead atoms. The normalized spacial score (nSPS) is 16.2. The molecule has 90 valence electrons. The first kappa shape index (κ1) is 11.7. The SMILES string of the molecule is NC(=S)c1ccnc(N2CCNC(=O)CC2)n1. The minimum absolute atomic E-state index is 0.0537. The van der Waals surface area contributed by atoms with E-state index in [1.165, 1.54) is 0 Å². The van der Waals surface area contributed by atoms with Crippen molar-refractivity contribution in [2.45, 2.75) is 6.42 Å². The number of carbonyl (C=O) groups is 1. The van der Waals surface area contributed by atoms with E-state index in [2.05, 4.69) is 15.3 Å². The summed E-state index contributed by atoms with van der Waals surface area (Å²) in [5, 5.41) is 2.79. The Hall–Kier alpha value is -1.76. The molecule has 1 amide bonds. The average molecular weight is 251 g/mol. The van der Waals surface area contributed by atoms with Crippen LogP contribution >= 0.6 is 12.2 Å². The highest BCUT2D eigenvalue weighted by Gasteiger charge is 2.16. The van der Waals surface area contributed by atoms with E-state index in [0.29, 0.717) is 37.7 Å². The Morgan fingerprint density at radius 2 is 2.35 bits per heavy atom. The van der Waals surface area contributed by atoms with Gasteiger partial charge in [0, 0.05) is 32.3 Å². The van der Waals surface area contributed by atoms with Crippen LogP contribution in [0.3, 0.4) is 0 Å². The first-order valence-corrected chi connectivity index (χ1v) is 5.72. The number of rotatable bonds is 2. The zero-order valence-electron chi connectivity index (χ0n) is 9.22. The Labute approximate surface area is 104 Å². The molecular weight excluding hydrogens is 238 g/mol. The zero-order valence-corrected chi connectivity index (χ0v) is 10.0. The molecule has 1 aromatic heterocycles. The third kappa shape index (κ3) is 2.88. The van der Waals surface area contributed by atoms with Gasteiger partial charge in [-0.25, -0.2) is 9.97 Å². The van der Waals surface area contributed by atoms with Crippen LogP contribution in [0.5, 0.6) is 0 Å². The maximum atomic E-state index is 11.2. The maximum absolute atomic E-state index is 11.2. The molecule has 0 aromatic carbocycles. The van der Waals surface area contributed by atoms with Crippen molar-refractivity contribution in [3.8, 4) is 0 Å². The number of thiocarbonyl (C=S) groups is 1. The Bertz CT molecular complexity index is 450. The van der Waals surface area contributed by atoms with E-state index in [1.54, 1.807) is 12.3 Å². The van der Waals surface area contributed by atoms with Crippen molar-refractivity contribution in [1.82, 2.24) is 15.3 Å². The van der Waals surface area contributed by atoms with Gasteiger partial charge in [0.25, 0.3) is 0 Å². The molecule has 3 N–H and O–H groups in total. The third-order valence-electron chi connectivity index (χ3n) is 2.49. The molecular formula is C10H13N5OS. The molecule has 1 saturated heterocycles. The predicted molar refractivity (Wildman–Crippen MR) is 67.8 cm³/mol. The first-order valence-electron chi connectivity index (χ1n) is 5.31. The van der Waals surface area contributed by atoms with Crippen LogP contribution in [0.4, 0.5) is 5.95 Å². The van der Waals surface area contributed by atoms with Crippen molar-refractivity contribution in [1.29, 1.82) is 0 Å². The molecule has 0 unspecified atom stereocenters. The van der Waals surface area contributed by atoms with Crippen LogP contribution in [0.1, 0.15) is 12.1 Å². The van der Waals surface area contributed by atoms with Gasteiger partial charge in [0.1, 0.15) is 10.7 Å². The number of nitrogens with zero attached hydrogens (tertiary/aromatic N) is 3. The van der Waals surface area contributed by atoms with E-state index >= 15 is 0 Å². The summed E-state index contributed by atoms with van der Waals surface area (Å²) in [6, 6.07) is 1.67. The van der Waals surface area contributed by atoms with Crippen molar-refractivity contribution in [3.05, 3.63) is 18.0 Å². The van der Waals surface area contributed by atoms with Crippen LogP contribution in [0, 0.1) is 0 Å². The van der Waals surface area contributed by atoms with Crippen LogP contribution in [0.25, 0.3) is 0 Å². The molecule has 1 fully saturated rings. The van der Waals surface area contributed by atoms with Gasteiger partial charge in [-0.15, -0.1) is 0 Å². The molecule has 17 heavy (non-hydrogen) atoms. The summed E-state index contributed by atoms with van der Waals surface area (Å²) >= 11 is 4.87. The van der Waals surface area contributed by atoms with Crippen LogP contribution in [-0.4, -0.2) is 40.5 Å². The van der Waals surface area contributed by atoms with Crippen LogP contribution < -0.4 is 16.0 Å². The van der Waals surface area contributed by atoms with Crippen molar-refractivity contribution in [2.24, 2.45) is 5.73 Å². The largest absolute Gasteiger partial charge is 0.388 e. The van der Waals surface area contributed by atoms with Crippen LogP contribution in [0.15, 0.2) is 12.3 Å². The topological polar surface area (TPSA) is 84.1 Å². The third-order valence-corrected chi connectivity index (χ3v) is 2.70. The Kier molecular flexibility index (Phi) is 3.48. The number of carbonyl (C=O) groups excluding carboxylic acids is 1. The Balaban J connectivity index is 2.18. The zero-order chi connectivity index (χ0) is 12.3. The number of hydrogen-bond acceptors (Lipinski definition) is 5. The lowest BCUT2D eigenvalue weighted by Crippen LogP contribution is -2.30. The molecule has 2 rings (SSSR count). The van der Waals surface area contributed by atoms with Crippen LogP contribution in [0.2, 0.25) is 0 Å². The molecule has 6 nitrogen and oxygen atoms in total. The summed E-state index contributed by atoms with van der Waals surface area (Å²) in [4.78, 5) is 21.9. The summed E-state index contributed by atoms with van der Waals surface area (Å²) in [7, 11) is 0. The lowest BCUT2D eigenvalue weighted by Gasteiger charge is -2.19. The quantitative estimate of drug-likeness (QED) is 0.685. The fourth-order valence-corrected chi connectivity index (χ4v) is 1.72. The minimum Gasteiger partial charge on any atom is -0.388 e. The fourth-order valence-electron chi connectivity index (χ4n) is 1.60. The van der Waals surface area contributed by atoms with Gasteiger partial charge in [-0.2, -0.15) is 0 Å². The highest BCUT2D eigenvalue weighted by Crippen LogP contribution is 2.09. The summed E-state index contributed by atoms with van der Waals surface area (Å²) in [5.74, 6) is 0.616. The first-order chi connectivity index (χ1) is 8.16. The number of nitrogens with two attached hydrogens (primary N) is 1. The highest BCUT2D eigenvalue weighted by atomic mass is 32.1. The molecule has 0 spiro atoms. The van der Waals surface area contributed by atoms with Crippen molar-refractivity contribution in [3.63, 3.8) is 0 Å². The molecule has 0 radical (unpaired) electrons. The van der Waals surface area contributed by atoms with E-state index in [4.69, 9.17) is 18.0 Å². The maximum Gasteiger partial charge on any atom is 0.226 e. The smallest absolute Gasteiger partial charge is 0.226 e. The lowest BCUT2D eigenvalue weighted by atomic mass is 10.4. The molecule has 0 aliphatic carbocycles. The second kappa shape index (κ2) is 5.05. The van der Waals surface area contributed by atoms with Gasteiger partial charge in [-0.05, 0) is 6.07 Å². The minimum atomic E-state index is 0.0537. The van der Waals surface area contributed by atoms with E-state index in [-0.39, 0.29) is 10.9 Å². The van der Waals surface area contributed by atoms with Gasteiger partial charge in [-0.1, -0.05) is 12.2 Å². The number of amides is 1. The molecule has 0 atom stereocenters. The standard InChI is InChI=1S/C10H13N5OS/c11-9(17)7-1-3-13-10(14-7)15-5-2-8(16)12-4-6-15/h1,3H,2,4-6H2,(H2,11,17)(H,12,16). The van der Waals surface area contributed by atoms with E-state index in [1.807, 2.05) is 4.90 Å². The number of anilines is 1. The van der Waals surface area contributed by atoms with Gasteiger partial charge in [-0.3, -0.25) is 4.79 Å².